The van der Waals surface area contributed by atoms with Gasteiger partial charge in [-0.15, -0.1) is 9.79 Å². The zero-order valence-electron chi connectivity index (χ0n) is 9.33. The molecule has 0 amide bonds. The molecule has 0 aromatic heterocycles. The maximum atomic E-state index is 12.3. The molecule has 1 aromatic carbocycles. The van der Waals surface area contributed by atoms with E-state index in [9.17, 15) is 26.3 Å². The van der Waals surface area contributed by atoms with Crippen LogP contribution in [0.4, 0.5) is 26.3 Å². The van der Waals surface area contributed by atoms with E-state index in [1.165, 1.54) is 0 Å². The maximum Gasteiger partial charge on any atom is 0.692 e. The van der Waals surface area contributed by atoms with Crippen molar-refractivity contribution in [2.24, 2.45) is 0 Å². The Morgan fingerprint density at radius 3 is 1.45 bits per heavy atom. The monoisotopic (exact) mass is 387 g/mol. The van der Waals surface area contributed by atoms with Crippen LogP contribution in [0.5, 0.6) is 0 Å². The molecule has 20 heavy (non-hydrogen) atoms. The van der Waals surface area contributed by atoms with Gasteiger partial charge < -0.3 is 0 Å². The smallest absolute Gasteiger partial charge is 0.166 e. The standard InChI is InChI=1S/C9H5BrF6.HO3P/c10-4-5-1-6(8(11,12)13)3-7(2-5)9(14,15)16;1-4(2)3/h1-3H,4H2;(H-,1,2,3)/p+1. The number of alkyl halides is 7. The first-order valence-corrected chi connectivity index (χ1v) is 6.86. The highest BCUT2D eigenvalue weighted by molar-refractivity contribution is 9.08. The molecular weight excluding hydrogens is 381 g/mol. The zero-order chi connectivity index (χ0) is 16.1. The molecule has 0 atom stereocenters. The van der Waals surface area contributed by atoms with E-state index in [0.717, 1.165) is 0 Å². The predicted octanol–water partition coefficient (Wildman–Crippen LogP) is 4.25. The molecule has 1 aromatic rings. The third-order valence-electron chi connectivity index (χ3n) is 1.80. The van der Waals surface area contributed by atoms with Crippen LogP contribution in [0.2, 0.25) is 0 Å². The van der Waals surface area contributed by atoms with Gasteiger partial charge in [0.25, 0.3) is 0 Å². The Hall–Kier alpha value is -0.700. The molecule has 11 heteroatoms. The van der Waals surface area contributed by atoms with Crippen LogP contribution in [0.15, 0.2) is 18.2 Å². The van der Waals surface area contributed by atoms with Crippen molar-refractivity contribution < 1.29 is 40.7 Å². The van der Waals surface area contributed by atoms with Crippen molar-refractivity contribution in [3.8, 4) is 0 Å². The lowest BCUT2D eigenvalue weighted by Crippen LogP contribution is -2.11. The van der Waals surface area contributed by atoms with E-state index in [0.29, 0.717) is 12.1 Å². The zero-order valence-corrected chi connectivity index (χ0v) is 11.8. The largest absolute Gasteiger partial charge is 0.692 e. The second kappa shape index (κ2) is 7.35. The fraction of sp³-hybridized carbons (Fsp3) is 0.333. The molecule has 0 unspecified atom stereocenters. The van der Waals surface area contributed by atoms with E-state index >= 15 is 0 Å². The first kappa shape index (κ1) is 19.3. The number of hydrogen-bond donors (Lipinski definition) is 2. The number of benzene rings is 1. The lowest BCUT2D eigenvalue weighted by atomic mass is 10.1. The van der Waals surface area contributed by atoms with E-state index in [1.807, 2.05) is 0 Å². The molecule has 0 bridgehead atoms. The normalized spacial score (nSPS) is 11.7. The minimum absolute atomic E-state index is 0.0675. The Morgan fingerprint density at radius 1 is 0.950 bits per heavy atom. The first-order chi connectivity index (χ1) is 8.87. The summed E-state index contributed by atoms with van der Waals surface area (Å²) in [4.78, 5) is 14.2. The molecule has 2 N–H and O–H groups in total. The Bertz CT molecular complexity index is 437. The summed E-state index contributed by atoms with van der Waals surface area (Å²) in [5.74, 6) is 0. The fourth-order valence-electron chi connectivity index (χ4n) is 1.10. The van der Waals surface area contributed by atoms with Gasteiger partial charge in [-0.2, -0.15) is 26.3 Å². The molecule has 3 nitrogen and oxygen atoms in total. The Kier molecular flexibility index (Phi) is 7.09. The van der Waals surface area contributed by atoms with Gasteiger partial charge in [-0.3, -0.25) is 0 Å². The average Bonchev–Trinajstić information content (AvgIpc) is 2.25. The van der Waals surface area contributed by atoms with Crippen LogP contribution in [-0.4, -0.2) is 9.79 Å². The molecule has 0 radical (unpaired) electrons. The van der Waals surface area contributed by atoms with Gasteiger partial charge in [0.15, 0.2) is 0 Å². The summed E-state index contributed by atoms with van der Waals surface area (Å²) in [6.45, 7) is 0. The van der Waals surface area contributed by atoms with Gasteiger partial charge in [-0.25, -0.2) is 0 Å². The van der Waals surface area contributed by atoms with Crippen LogP contribution in [0.3, 0.4) is 0 Å². The van der Waals surface area contributed by atoms with Crippen molar-refractivity contribution in [2.45, 2.75) is 17.7 Å². The van der Waals surface area contributed by atoms with E-state index < -0.39 is 31.7 Å². The minimum Gasteiger partial charge on any atom is -0.166 e. The second-order valence-electron chi connectivity index (χ2n) is 3.30. The van der Waals surface area contributed by atoms with Crippen molar-refractivity contribution in [3.05, 3.63) is 34.9 Å². The molecule has 0 aliphatic rings. The van der Waals surface area contributed by atoms with Crippen LogP contribution in [-0.2, 0) is 22.2 Å². The highest BCUT2D eigenvalue weighted by Gasteiger charge is 2.36. The minimum atomic E-state index is -4.78. The maximum absolute atomic E-state index is 12.3. The SMILES string of the molecule is FC(F)(F)c1cc(CBr)cc(C(F)(F)F)c1.O=[P+](O)O. The van der Waals surface area contributed by atoms with Gasteiger partial charge in [0.2, 0.25) is 0 Å². The van der Waals surface area contributed by atoms with Gasteiger partial charge in [0.05, 0.1) is 11.1 Å². The molecule has 0 aliphatic carbocycles. The third-order valence-corrected chi connectivity index (χ3v) is 2.45. The summed E-state index contributed by atoms with van der Waals surface area (Å²) in [7, 11) is -2.87. The van der Waals surface area contributed by atoms with Crippen LogP contribution < -0.4 is 0 Å². The second-order valence-corrected chi connectivity index (χ2v) is 4.37. The molecule has 0 saturated carbocycles. The molecule has 0 spiro atoms. The molecule has 0 fully saturated rings. The highest BCUT2D eigenvalue weighted by Crippen LogP contribution is 2.36. The van der Waals surface area contributed by atoms with E-state index in [2.05, 4.69) is 15.9 Å². The third kappa shape index (κ3) is 7.18. The fourth-order valence-corrected chi connectivity index (χ4v) is 1.42. The van der Waals surface area contributed by atoms with Crippen molar-refractivity contribution >= 4 is 24.2 Å². The summed E-state index contributed by atoms with van der Waals surface area (Å²) in [5.41, 5.74) is -2.66. The molecule has 0 aliphatic heterocycles. The van der Waals surface area contributed by atoms with E-state index in [-0.39, 0.29) is 17.0 Å². The van der Waals surface area contributed by atoms with Crippen molar-refractivity contribution in [2.75, 3.05) is 0 Å². The molecular formula is C9H7BrF6O3P+. The van der Waals surface area contributed by atoms with E-state index in [4.69, 9.17) is 14.4 Å². The molecule has 0 heterocycles. The number of halogens is 7. The van der Waals surface area contributed by atoms with Crippen molar-refractivity contribution in [1.29, 1.82) is 0 Å². The Morgan fingerprint density at radius 2 is 1.25 bits per heavy atom. The topological polar surface area (TPSA) is 57.5 Å². The summed E-state index contributed by atoms with van der Waals surface area (Å²) in [6.07, 6.45) is -9.56. The number of rotatable bonds is 1. The molecule has 1 rings (SSSR count). The van der Waals surface area contributed by atoms with Crippen LogP contribution in [0.25, 0.3) is 0 Å². The lowest BCUT2D eigenvalue weighted by molar-refractivity contribution is -0.143. The van der Waals surface area contributed by atoms with Crippen molar-refractivity contribution in [3.63, 3.8) is 0 Å². The van der Waals surface area contributed by atoms with Crippen LogP contribution in [0, 0.1) is 0 Å². The highest BCUT2D eigenvalue weighted by atomic mass is 79.9. The van der Waals surface area contributed by atoms with E-state index in [1.54, 1.807) is 0 Å². The number of hydrogen-bond acceptors (Lipinski definition) is 1. The summed E-state index contributed by atoms with van der Waals surface area (Å²) < 4.78 is 82.4. The lowest BCUT2D eigenvalue weighted by Gasteiger charge is -2.13. The van der Waals surface area contributed by atoms with Gasteiger partial charge in [-0.05, 0) is 23.8 Å². The van der Waals surface area contributed by atoms with Crippen LogP contribution in [0.1, 0.15) is 16.7 Å². The molecule has 0 saturated heterocycles. The van der Waals surface area contributed by atoms with Crippen molar-refractivity contribution in [1.82, 2.24) is 0 Å². The predicted molar refractivity (Wildman–Crippen MR) is 61.1 cm³/mol. The summed E-state index contributed by atoms with van der Waals surface area (Å²) in [6, 6.07) is 1.47. The average molecular weight is 388 g/mol. The summed E-state index contributed by atoms with van der Waals surface area (Å²) in [5, 5.41) is -0.0694. The summed E-state index contributed by atoms with van der Waals surface area (Å²) >= 11 is 2.82. The van der Waals surface area contributed by atoms with Gasteiger partial charge >= 0.3 is 20.6 Å². The Labute approximate surface area is 118 Å². The van der Waals surface area contributed by atoms with Gasteiger partial charge in [0, 0.05) is 9.90 Å². The first-order valence-electron chi connectivity index (χ1n) is 4.57. The van der Waals surface area contributed by atoms with Crippen LogP contribution >= 0.6 is 24.2 Å². The van der Waals surface area contributed by atoms with Gasteiger partial charge in [0.1, 0.15) is 0 Å². The molecule has 114 valence electrons. The quantitative estimate of drug-likeness (QED) is 0.430. The van der Waals surface area contributed by atoms with Gasteiger partial charge in [-0.1, -0.05) is 15.9 Å². The Balaban J connectivity index is 0.000000796.